The van der Waals surface area contributed by atoms with E-state index in [2.05, 4.69) is 9.97 Å². The molecule has 0 amide bonds. The number of aryl methyl sites for hydroxylation is 1. The van der Waals surface area contributed by atoms with E-state index in [1.807, 2.05) is 79.7 Å². The van der Waals surface area contributed by atoms with Crippen LogP contribution in [-0.4, -0.2) is 29.0 Å². The summed E-state index contributed by atoms with van der Waals surface area (Å²) < 4.78 is 0. The zero-order chi connectivity index (χ0) is 20.1. The van der Waals surface area contributed by atoms with Gasteiger partial charge in [0, 0.05) is 27.2 Å². The van der Waals surface area contributed by atoms with Crippen LogP contribution in [0.1, 0.15) is 16.8 Å². The van der Waals surface area contributed by atoms with Crippen LogP contribution in [0.2, 0.25) is 0 Å². The lowest BCUT2D eigenvalue weighted by Crippen LogP contribution is -2.24. The number of hydrogen-bond acceptors (Lipinski definition) is 6. The summed E-state index contributed by atoms with van der Waals surface area (Å²) in [5, 5.41) is 11.7. The first-order valence-corrected chi connectivity index (χ1v) is 8.99. The minimum absolute atomic E-state index is 0.0599. The fraction of sp³-hybridized carbons (Fsp3) is 0.238. The molecule has 0 radical (unpaired) electrons. The van der Waals surface area contributed by atoms with Gasteiger partial charge in [-0.15, -0.1) is 0 Å². The fourth-order valence-electron chi connectivity index (χ4n) is 3.05. The molecule has 0 N–H and O–H groups in total. The third kappa shape index (κ3) is 4.43. The Labute approximate surface area is 164 Å². The Bertz CT molecular complexity index is 948. The SMILES string of the molecule is Cc1nc(N(C)Cc2ccccc2)nc(N(C)Cc2ccccc2)c1[N+](=O)[O-]. The Balaban J connectivity index is 1.94. The highest BCUT2D eigenvalue weighted by atomic mass is 16.6. The Morgan fingerprint density at radius 1 is 0.857 bits per heavy atom. The van der Waals surface area contributed by atoms with Gasteiger partial charge >= 0.3 is 5.69 Å². The normalized spacial score (nSPS) is 10.5. The third-order valence-corrected chi connectivity index (χ3v) is 4.44. The molecule has 7 nitrogen and oxygen atoms in total. The molecule has 28 heavy (non-hydrogen) atoms. The van der Waals surface area contributed by atoms with E-state index >= 15 is 0 Å². The summed E-state index contributed by atoms with van der Waals surface area (Å²) >= 11 is 0. The maximum atomic E-state index is 11.7. The number of nitrogens with zero attached hydrogens (tertiary/aromatic N) is 5. The molecule has 0 aliphatic rings. The van der Waals surface area contributed by atoms with Crippen molar-refractivity contribution < 1.29 is 4.92 Å². The van der Waals surface area contributed by atoms with Crippen LogP contribution in [0, 0.1) is 17.0 Å². The van der Waals surface area contributed by atoms with Crippen molar-refractivity contribution in [1.29, 1.82) is 0 Å². The molecule has 1 aromatic heterocycles. The summed E-state index contributed by atoms with van der Waals surface area (Å²) in [6.45, 7) is 2.78. The van der Waals surface area contributed by atoms with Crippen molar-refractivity contribution in [3.8, 4) is 0 Å². The van der Waals surface area contributed by atoms with E-state index in [-0.39, 0.29) is 5.69 Å². The van der Waals surface area contributed by atoms with Crippen molar-refractivity contribution in [1.82, 2.24) is 9.97 Å². The van der Waals surface area contributed by atoms with Crippen molar-refractivity contribution in [3.05, 3.63) is 87.6 Å². The Kier molecular flexibility index (Phi) is 5.84. The lowest BCUT2D eigenvalue weighted by Gasteiger charge is -2.22. The average Bonchev–Trinajstić information content (AvgIpc) is 2.68. The van der Waals surface area contributed by atoms with Gasteiger partial charge in [0.05, 0.1) is 4.92 Å². The summed E-state index contributed by atoms with van der Waals surface area (Å²) in [5.74, 6) is 0.776. The number of anilines is 2. The van der Waals surface area contributed by atoms with Crippen LogP contribution in [-0.2, 0) is 13.1 Å². The Morgan fingerprint density at radius 3 is 1.86 bits per heavy atom. The van der Waals surface area contributed by atoms with Crippen molar-refractivity contribution in [2.45, 2.75) is 20.0 Å². The summed E-state index contributed by atoms with van der Waals surface area (Å²) in [7, 11) is 3.69. The van der Waals surface area contributed by atoms with E-state index in [0.717, 1.165) is 11.1 Å². The van der Waals surface area contributed by atoms with Crippen LogP contribution in [0.15, 0.2) is 60.7 Å². The van der Waals surface area contributed by atoms with E-state index < -0.39 is 4.92 Å². The topological polar surface area (TPSA) is 75.4 Å². The molecule has 3 rings (SSSR count). The van der Waals surface area contributed by atoms with Gasteiger partial charge in [-0.3, -0.25) is 10.1 Å². The average molecular weight is 377 g/mol. The predicted molar refractivity (Wildman–Crippen MR) is 111 cm³/mol. The molecular formula is C21H23N5O2. The van der Waals surface area contributed by atoms with E-state index in [0.29, 0.717) is 30.5 Å². The molecule has 0 atom stereocenters. The standard InChI is InChI=1S/C21H23N5O2/c1-16-19(26(27)28)20(24(2)14-17-10-6-4-7-11-17)23-21(22-16)25(3)15-18-12-8-5-9-13-18/h4-13H,14-15H2,1-3H3. The Morgan fingerprint density at radius 2 is 1.36 bits per heavy atom. The number of aromatic nitrogens is 2. The maximum Gasteiger partial charge on any atom is 0.332 e. The molecule has 0 bridgehead atoms. The van der Waals surface area contributed by atoms with Gasteiger partial charge in [-0.1, -0.05) is 60.7 Å². The smallest absolute Gasteiger partial charge is 0.332 e. The first-order valence-electron chi connectivity index (χ1n) is 8.99. The van der Waals surface area contributed by atoms with Gasteiger partial charge in [-0.05, 0) is 18.1 Å². The monoisotopic (exact) mass is 377 g/mol. The second kappa shape index (κ2) is 8.47. The van der Waals surface area contributed by atoms with Crippen molar-refractivity contribution in [2.75, 3.05) is 23.9 Å². The molecule has 0 saturated carbocycles. The van der Waals surface area contributed by atoms with E-state index in [1.54, 1.807) is 11.8 Å². The van der Waals surface area contributed by atoms with E-state index in [1.165, 1.54) is 0 Å². The minimum atomic E-state index is -0.410. The van der Waals surface area contributed by atoms with Gasteiger partial charge in [0.1, 0.15) is 5.69 Å². The zero-order valence-electron chi connectivity index (χ0n) is 16.2. The van der Waals surface area contributed by atoms with Gasteiger partial charge in [0.25, 0.3) is 0 Å². The molecule has 2 aromatic carbocycles. The molecule has 0 aliphatic heterocycles. The van der Waals surface area contributed by atoms with Crippen molar-refractivity contribution in [2.24, 2.45) is 0 Å². The zero-order valence-corrected chi connectivity index (χ0v) is 16.2. The number of rotatable bonds is 7. The Hall–Kier alpha value is -3.48. The highest BCUT2D eigenvalue weighted by Crippen LogP contribution is 2.31. The van der Waals surface area contributed by atoms with Gasteiger partial charge in [-0.25, -0.2) is 4.98 Å². The maximum absolute atomic E-state index is 11.7. The lowest BCUT2D eigenvalue weighted by atomic mass is 10.2. The quantitative estimate of drug-likeness (QED) is 0.458. The molecule has 0 unspecified atom stereocenters. The second-order valence-electron chi connectivity index (χ2n) is 6.72. The molecule has 3 aromatic rings. The highest BCUT2D eigenvalue weighted by Gasteiger charge is 2.26. The van der Waals surface area contributed by atoms with Crippen LogP contribution in [0.4, 0.5) is 17.5 Å². The number of nitro groups is 1. The van der Waals surface area contributed by atoms with Gasteiger partial charge in [0.2, 0.25) is 11.8 Å². The number of benzene rings is 2. The highest BCUT2D eigenvalue weighted by molar-refractivity contribution is 5.62. The van der Waals surface area contributed by atoms with Crippen LogP contribution in [0.25, 0.3) is 0 Å². The fourth-order valence-corrected chi connectivity index (χ4v) is 3.05. The molecule has 1 heterocycles. The molecule has 0 aliphatic carbocycles. The summed E-state index contributed by atoms with van der Waals surface area (Å²) in [6, 6.07) is 19.8. The number of hydrogen-bond donors (Lipinski definition) is 0. The van der Waals surface area contributed by atoms with Gasteiger partial charge in [0.15, 0.2) is 0 Å². The van der Waals surface area contributed by atoms with Crippen molar-refractivity contribution >= 4 is 17.5 Å². The molecular weight excluding hydrogens is 354 g/mol. The summed E-state index contributed by atoms with van der Waals surface area (Å²) in [5.41, 5.74) is 2.46. The second-order valence-corrected chi connectivity index (χ2v) is 6.72. The van der Waals surface area contributed by atoms with Gasteiger partial charge < -0.3 is 9.80 Å². The van der Waals surface area contributed by atoms with Crippen LogP contribution in [0.5, 0.6) is 0 Å². The summed E-state index contributed by atoms with van der Waals surface area (Å²) in [4.78, 5) is 23.9. The molecule has 0 fully saturated rings. The predicted octanol–water partition coefficient (Wildman–Crippen LogP) is 3.97. The van der Waals surface area contributed by atoms with Crippen molar-refractivity contribution in [3.63, 3.8) is 0 Å². The molecule has 144 valence electrons. The molecule has 7 heteroatoms. The van der Waals surface area contributed by atoms with E-state index in [9.17, 15) is 10.1 Å². The van der Waals surface area contributed by atoms with E-state index in [4.69, 9.17) is 0 Å². The van der Waals surface area contributed by atoms with Crippen LogP contribution < -0.4 is 9.80 Å². The lowest BCUT2D eigenvalue weighted by molar-refractivity contribution is -0.385. The van der Waals surface area contributed by atoms with Crippen LogP contribution >= 0.6 is 0 Å². The molecule has 0 saturated heterocycles. The van der Waals surface area contributed by atoms with Gasteiger partial charge in [-0.2, -0.15) is 4.98 Å². The first kappa shape index (κ1) is 19.3. The van der Waals surface area contributed by atoms with Crippen LogP contribution in [0.3, 0.4) is 0 Å². The summed E-state index contributed by atoms with van der Waals surface area (Å²) in [6.07, 6.45) is 0. The largest absolute Gasteiger partial charge is 0.349 e. The first-order chi connectivity index (χ1) is 13.5. The third-order valence-electron chi connectivity index (χ3n) is 4.44. The minimum Gasteiger partial charge on any atom is -0.349 e. The molecule has 0 spiro atoms.